The highest BCUT2D eigenvalue weighted by Crippen LogP contribution is 2.31. The molecule has 1 atom stereocenters. The molecular formula is C21H25F3N4O6. The van der Waals surface area contributed by atoms with E-state index < -0.39 is 17.7 Å². The number of likely N-dealkylation sites (N-methyl/N-ethyl adjacent to an activating group) is 1. The lowest BCUT2D eigenvalue weighted by Gasteiger charge is -2.54. The van der Waals surface area contributed by atoms with Gasteiger partial charge in [-0.05, 0) is 25.2 Å². The molecule has 34 heavy (non-hydrogen) atoms. The van der Waals surface area contributed by atoms with Gasteiger partial charge in [-0.1, -0.05) is 6.07 Å². The van der Waals surface area contributed by atoms with Gasteiger partial charge in [-0.15, -0.1) is 0 Å². The van der Waals surface area contributed by atoms with E-state index >= 15 is 0 Å². The molecule has 2 N–H and O–H groups in total. The lowest BCUT2D eigenvalue weighted by Crippen LogP contribution is -2.73. The number of benzene rings is 1. The van der Waals surface area contributed by atoms with Crippen LogP contribution >= 0.6 is 0 Å². The summed E-state index contributed by atoms with van der Waals surface area (Å²) in [5.41, 5.74) is 0.538. The molecule has 2 saturated heterocycles. The van der Waals surface area contributed by atoms with Gasteiger partial charge in [-0.25, -0.2) is 4.79 Å². The first-order valence-corrected chi connectivity index (χ1v) is 10.1. The van der Waals surface area contributed by atoms with Crippen molar-refractivity contribution >= 4 is 17.8 Å². The van der Waals surface area contributed by atoms with Gasteiger partial charge in [0.2, 0.25) is 5.91 Å². The second kappa shape index (κ2) is 11.3. The number of nitrogens with zero attached hydrogens (tertiary/aromatic N) is 3. The number of carboxylic acid groups (broad SMARTS) is 1. The summed E-state index contributed by atoms with van der Waals surface area (Å²) in [4.78, 5) is 37.4. The van der Waals surface area contributed by atoms with E-state index in [1.807, 2.05) is 18.0 Å². The molecule has 2 aliphatic heterocycles. The molecular weight excluding hydrogens is 461 g/mol. The molecule has 10 nitrogen and oxygen atoms in total. The number of alkyl halides is 3. The van der Waals surface area contributed by atoms with E-state index in [1.165, 1.54) is 0 Å². The molecule has 0 saturated carbocycles. The SMILES string of the molecule is COCCNC(=O)C1COC2(CN(C(=O)c3cccc(C#N)c3)C2)CN1C.O=C(O)C(F)(F)F. The van der Waals surface area contributed by atoms with Gasteiger partial charge in [-0.3, -0.25) is 14.5 Å². The summed E-state index contributed by atoms with van der Waals surface area (Å²) in [6.07, 6.45) is -5.08. The zero-order valence-corrected chi connectivity index (χ0v) is 18.6. The summed E-state index contributed by atoms with van der Waals surface area (Å²) < 4.78 is 42.7. The number of halogens is 3. The van der Waals surface area contributed by atoms with Crippen molar-refractivity contribution in [3.05, 3.63) is 35.4 Å². The van der Waals surface area contributed by atoms with Crippen molar-refractivity contribution < 1.29 is 42.1 Å². The van der Waals surface area contributed by atoms with E-state index in [0.717, 1.165) is 0 Å². The summed E-state index contributed by atoms with van der Waals surface area (Å²) in [7, 11) is 3.48. The second-order valence-corrected chi connectivity index (χ2v) is 7.87. The highest BCUT2D eigenvalue weighted by atomic mass is 19.4. The smallest absolute Gasteiger partial charge is 0.475 e. The second-order valence-electron chi connectivity index (χ2n) is 7.87. The molecule has 1 spiro atoms. The van der Waals surface area contributed by atoms with Gasteiger partial charge in [-0.2, -0.15) is 18.4 Å². The standard InChI is InChI=1S/C19H24N4O4.C2HF3O2/c1-22-11-19(27-10-16(22)17(24)21-6-7-26-2)12-23(13-19)18(25)15-5-3-4-14(8-15)9-20;3-2(4,5)1(6)7/h3-5,8,16H,6-7,10-13H2,1-2H3,(H,21,24);(H,6,7). The Kier molecular flexibility index (Phi) is 8.97. The van der Waals surface area contributed by atoms with E-state index in [0.29, 0.717) is 50.5 Å². The predicted molar refractivity (Wildman–Crippen MR) is 111 cm³/mol. The summed E-state index contributed by atoms with van der Waals surface area (Å²) in [5, 5.41) is 18.9. The Hall–Kier alpha value is -3.21. The Morgan fingerprint density at radius 3 is 2.50 bits per heavy atom. The largest absolute Gasteiger partial charge is 0.490 e. The summed E-state index contributed by atoms with van der Waals surface area (Å²) >= 11 is 0. The number of morpholine rings is 1. The van der Waals surface area contributed by atoms with Gasteiger partial charge in [0.25, 0.3) is 5.91 Å². The highest BCUT2D eigenvalue weighted by Gasteiger charge is 2.51. The molecule has 0 aromatic heterocycles. The summed E-state index contributed by atoms with van der Waals surface area (Å²) in [6.45, 7) is 2.76. The van der Waals surface area contributed by atoms with E-state index in [-0.39, 0.29) is 17.9 Å². The Bertz CT molecular complexity index is 943. The number of hydrogen-bond acceptors (Lipinski definition) is 7. The number of rotatable bonds is 5. The number of carbonyl (C=O) groups is 3. The van der Waals surface area contributed by atoms with Gasteiger partial charge in [0.1, 0.15) is 11.6 Å². The van der Waals surface area contributed by atoms with Crippen LogP contribution in [-0.4, -0.2) is 104 Å². The highest BCUT2D eigenvalue weighted by molar-refractivity contribution is 5.95. The maximum Gasteiger partial charge on any atom is 0.490 e. The molecule has 1 aromatic carbocycles. The molecule has 1 aromatic rings. The number of amides is 2. The minimum atomic E-state index is -5.08. The van der Waals surface area contributed by atoms with Crippen LogP contribution in [0.15, 0.2) is 24.3 Å². The van der Waals surface area contributed by atoms with Gasteiger partial charge in [0.05, 0.1) is 37.9 Å². The van der Waals surface area contributed by atoms with Crippen LogP contribution in [0.5, 0.6) is 0 Å². The minimum absolute atomic E-state index is 0.0787. The van der Waals surface area contributed by atoms with Crippen LogP contribution in [0.3, 0.4) is 0 Å². The van der Waals surface area contributed by atoms with E-state index in [4.69, 9.17) is 24.6 Å². The monoisotopic (exact) mass is 486 g/mol. The number of carbonyl (C=O) groups excluding carboxylic acids is 2. The van der Waals surface area contributed by atoms with Crippen LogP contribution < -0.4 is 5.32 Å². The van der Waals surface area contributed by atoms with Crippen LogP contribution in [0.4, 0.5) is 13.2 Å². The predicted octanol–water partition coefficient (Wildman–Crippen LogP) is 0.479. The van der Waals surface area contributed by atoms with Crippen molar-refractivity contribution in [1.82, 2.24) is 15.1 Å². The number of nitriles is 1. The van der Waals surface area contributed by atoms with Crippen molar-refractivity contribution in [3.8, 4) is 6.07 Å². The number of aliphatic carboxylic acids is 1. The van der Waals surface area contributed by atoms with Crippen molar-refractivity contribution in [2.75, 3.05) is 53.6 Å². The average molecular weight is 486 g/mol. The third-order valence-corrected chi connectivity index (χ3v) is 5.25. The quantitative estimate of drug-likeness (QED) is 0.575. The van der Waals surface area contributed by atoms with E-state index in [1.54, 1.807) is 36.3 Å². The first kappa shape index (κ1) is 27.0. The fourth-order valence-electron chi connectivity index (χ4n) is 3.55. The molecule has 0 bridgehead atoms. The molecule has 2 amide bonds. The van der Waals surface area contributed by atoms with Crippen molar-refractivity contribution in [2.24, 2.45) is 0 Å². The molecule has 0 radical (unpaired) electrons. The molecule has 2 aliphatic rings. The first-order valence-electron chi connectivity index (χ1n) is 10.1. The van der Waals surface area contributed by atoms with Gasteiger partial charge in [0, 0.05) is 25.8 Å². The average Bonchev–Trinajstić information content (AvgIpc) is 2.76. The Balaban J connectivity index is 0.000000509. The summed E-state index contributed by atoms with van der Waals surface area (Å²) in [5.74, 6) is -2.94. The van der Waals surface area contributed by atoms with Crippen LogP contribution in [0, 0.1) is 11.3 Å². The maximum absolute atomic E-state index is 12.6. The topological polar surface area (TPSA) is 132 Å². The van der Waals surface area contributed by atoms with Gasteiger partial charge < -0.3 is 24.8 Å². The minimum Gasteiger partial charge on any atom is -0.475 e. The van der Waals surface area contributed by atoms with Gasteiger partial charge in [0.15, 0.2) is 0 Å². The number of hydrogen-bond donors (Lipinski definition) is 2. The molecule has 3 rings (SSSR count). The zero-order chi connectivity index (χ0) is 25.5. The third-order valence-electron chi connectivity index (χ3n) is 5.25. The van der Waals surface area contributed by atoms with Crippen molar-refractivity contribution in [3.63, 3.8) is 0 Å². The van der Waals surface area contributed by atoms with Gasteiger partial charge >= 0.3 is 12.1 Å². The van der Waals surface area contributed by atoms with Crippen molar-refractivity contribution in [1.29, 1.82) is 5.26 Å². The third kappa shape index (κ3) is 6.89. The first-order chi connectivity index (χ1) is 15.9. The Morgan fingerprint density at radius 1 is 1.32 bits per heavy atom. The Labute approximate surface area is 193 Å². The molecule has 1 unspecified atom stereocenters. The lowest BCUT2D eigenvalue weighted by atomic mass is 9.90. The fraction of sp³-hybridized carbons (Fsp3) is 0.524. The molecule has 0 aliphatic carbocycles. The van der Waals surface area contributed by atoms with Crippen LogP contribution in [0.25, 0.3) is 0 Å². The zero-order valence-electron chi connectivity index (χ0n) is 18.6. The Morgan fingerprint density at radius 2 is 1.97 bits per heavy atom. The van der Waals surface area contributed by atoms with Crippen molar-refractivity contribution in [2.45, 2.75) is 17.8 Å². The van der Waals surface area contributed by atoms with E-state index in [9.17, 15) is 22.8 Å². The molecule has 2 heterocycles. The van der Waals surface area contributed by atoms with Crippen LogP contribution in [-0.2, 0) is 19.1 Å². The number of carboxylic acids is 1. The van der Waals surface area contributed by atoms with Crippen LogP contribution in [0.2, 0.25) is 0 Å². The number of nitrogens with one attached hydrogen (secondary N) is 1. The fourth-order valence-corrected chi connectivity index (χ4v) is 3.55. The normalized spacial score (nSPS) is 19.3. The molecule has 13 heteroatoms. The number of ether oxygens (including phenoxy) is 2. The molecule has 2 fully saturated rings. The number of likely N-dealkylation sites (tertiary alicyclic amines) is 1. The summed E-state index contributed by atoms with van der Waals surface area (Å²) in [6, 6.07) is 8.39. The number of methoxy groups -OCH3 is 1. The van der Waals surface area contributed by atoms with Crippen LogP contribution in [0.1, 0.15) is 15.9 Å². The lowest BCUT2D eigenvalue weighted by molar-refractivity contribution is -0.192. The molecule has 186 valence electrons. The maximum atomic E-state index is 12.6. The van der Waals surface area contributed by atoms with E-state index in [2.05, 4.69) is 5.32 Å².